The molecular formula is C30H27F8N3O4. The number of benzene rings is 3. The first-order valence-electron chi connectivity index (χ1n) is 13.6. The maximum atomic E-state index is 14.2. The quantitative estimate of drug-likeness (QED) is 0.162. The Kier molecular flexibility index (Phi) is 10.1. The van der Waals surface area contributed by atoms with Crippen LogP contribution in [0.4, 0.5) is 57.0 Å². The summed E-state index contributed by atoms with van der Waals surface area (Å²) in [6.45, 7) is -0.568. The van der Waals surface area contributed by atoms with Crippen molar-refractivity contribution in [3.63, 3.8) is 0 Å². The molecule has 3 aromatic carbocycles. The predicted octanol–water partition coefficient (Wildman–Crippen LogP) is 8.41. The van der Waals surface area contributed by atoms with Gasteiger partial charge in [-0.3, -0.25) is 4.79 Å². The molecule has 0 heterocycles. The van der Waals surface area contributed by atoms with Crippen LogP contribution in [0.2, 0.25) is 0 Å². The summed E-state index contributed by atoms with van der Waals surface area (Å²) in [5.41, 5.74) is -0.626. The Bertz CT molecular complexity index is 1490. The number of rotatable bonds is 11. The van der Waals surface area contributed by atoms with Crippen LogP contribution in [-0.2, 0) is 21.7 Å². The van der Waals surface area contributed by atoms with Crippen LogP contribution in [0.15, 0.2) is 60.7 Å². The summed E-state index contributed by atoms with van der Waals surface area (Å²) in [5, 5.41) is 4.72. The van der Waals surface area contributed by atoms with Gasteiger partial charge in [0, 0.05) is 19.2 Å². The van der Waals surface area contributed by atoms with Gasteiger partial charge in [-0.25, -0.2) is 13.6 Å². The number of halogens is 8. The molecule has 1 aliphatic rings. The number of urea groups is 1. The Labute approximate surface area is 252 Å². The van der Waals surface area contributed by atoms with Gasteiger partial charge in [-0.1, -0.05) is 18.2 Å². The molecule has 0 unspecified atom stereocenters. The van der Waals surface area contributed by atoms with Gasteiger partial charge in [-0.2, -0.15) is 13.2 Å². The van der Waals surface area contributed by atoms with Crippen molar-refractivity contribution in [3.8, 4) is 5.75 Å². The Hall–Kier alpha value is -4.56. The number of nitrogens with zero attached hydrogens (tertiary/aromatic N) is 1. The van der Waals surface area contributed by atoms with Crippen molar-refractivity contribution >= 4 is 29.6 Å². The van der Waals surface area contributed by atoms with E-state index in [0.29, 0.717) is 42.9 Å². The molecule has 0 aromatic heterocycles. The fraction of sp³-hybridized carbons (Fsp3) is 0.333. The lowest BCUT2D eigenvalue weighted by Crippen LogP contribution is -2.31. The van der Waals surface area contributed by atoms with Crippen molar-refractivity contribution in [1.29, 1.82) is 0 Å². The topological polar surface area (TPSA) is 79.9 Å². The number of anilines is 3. The molecule has 0 saturated heterocycles. The molecule has 7 nitrogen and oxygen atoms in total. The average Bonchev–Trinajstić information content (AvgIpc) is 3.42. The Morgan fingerprint density at radius 1 is 0.889 bits per heavy atom. The first-order valence-corrected chi connectivity index (χ1v) is 13.6. The van der Waals surface area contributed by atoms with E-state index in [-0.39, 0.29) is 30.1 Å². The molecule has 0 radical (unpaired) electrons. The van der Waals surface area contributed by atoms with Crippen LogP contribution >= 0.6 is 0 Å². The molecule has 2 N–H and O–H groups in total. The van der Waals surface area contributed by atoms with Gasteiger partial charge in [-0.15, -0.1) is 13.2 Å². The van der Waals surface area contributed by atoms with Crippen molar-refractivity contribution in [3.05, 3.63) is 83.4 Å². The van der Waals surface area contributed by atoms with E-state index in [9.17, 15) is 44.7 Å². The maximum Gasteiger partial charge on any atom is 0.573 e. The lowest BCUT2D eigenvalue weighted by atomic mass is 9.91. The van der Waals surface area contributed by atoms with Gasteiger partial charge in [0.15, 0.2) is 0 Å². The Balaban J connectivity index is 1.72. The smallest absolute Gasteiger partial charge is 0.456 e. The van der Waals surface area contributed by atoms with Crippen molar-refractivity contribution in [2.75, 3.05) is 22.1 Å². The molecule has 1 saturated carbocycles. The lowest BCUT2D eigenvalue weighted by molar-refractivity contribution is -0.274. The molecule has 242 valence electrons. The molecule has 1 fully saturated rings. The minimum Gasteiger partial charge on any atom is -0.456 e. The Morgan fingerprint density at radius 3 is 2.16 bits per heavy atom. The van der Waals surface area contributed by atoms with E-state index in [1.807, 2.05) is 0 Å². The van der Waals surface area contributed by atoms with Crippen molar-refractivity contribution < 1.29 is 54.2 Å². The zero-order valence-electron chi connectivity index (χ0n) is 23.4. The van der Waals surface area contributed by atoms with Crippen LogP contribution in [0.25, 0.3) is 0 Å². The third kappa shape index (κ3) is 9.22. The summed E-state index contributed by atoms with van der Waals surface area (Å²) in [6.07, 6.45) is -8.48. The highest BCUT2D eigenvalue weighted by Gasteiger charge is 2.38. The van der Waals surface area contributed by atoms with Crippen LogP contribution in [0.5, 0.6) is 5.75 Å². The van der Waals surface area contributed by atoms with Crippen LogP contribution in [0.1, 0.15) is 43.2 Å². The van der Waals surface area contributed by atoms with E-state index in [1.54, 1.807) is 6.07 Å². The largest absolute Gasteiger partial charge is 0.573 e. The SMILES string of the molecule is O=COC1(c2ccc(N(CCC(F)(F)F)Cc3ccc(OC(F)(F)F)cc3)c(NC(=O)Nc3ccc(F)cc3F)c2)CCCC1. The molecule has 3 aromatic rings. The molecule has 1 aliphatic carbocycles. The van der Waals surface area contributed by atoms with Crippen LogP contribution in [-0.4, -0.2) is 31.6 Å². The van der Waals surface area contributed by atoms with Crippen molar-refractivity contribution in [2.45, 2.75) is 56.8 Å². The van der Waals surface area contributed by atoms with Gasteiger partial charge in [-0.05, 0) is 73.2 Å². The van der Waals surface area contributed by atoms with Gasteiger partial charge < -0.3 is 25.0 Å². The molecule has 0 atom stereocenters. The normalized spacial score (nSPS) is 14.5. The van der Waals surface area contributed by atoms with E-state index in [2.05, 4.69) is 15.4 Å². The van der Waals surface area contributed by atoms with Gasteiger partial charge >= 0.3 is 18.6 Å². The summed E-state index contributed by atoms with van der Waals surface area (Å²) in [4.78, 5) is 25.6. The van der Waals surface area contributed by atoms with E-state index in [4.69, 9.17) is 4.74 Å². The van der Waals surface area contributed by atoms with Gasteiger partial charge in [0.1, 0.15) is 23.0 Å². The first kappa shape index (κ1) is 33.3. The predicted molar refractivity (Wildman–Crippen MR) is 148 cm³/mol. The summed E-state index contributed by atoms with van der Waals surface area (Å²) >= 11 is 0. The summed E-state index contributed by atoms with van der Waals surface area (Å²) < 4.78 is 115. The first-order chi connectivity index (χ1) is 21.2. The van der Waals surface area contributed by atoms with E-state index in [1.165, 1.54) is 29.2 Å². The summed E-state index contributed by atoms with van der Waals surface area (Å²) in [5.74, 6) is -2.49. The number of amides is 2. The zero-order valence-corrected chi connectivity index (χ0v) is 23.4. The van der Waals surface area contributed by atoms with Gasteiger partial charge in [0.25, 0.3) is 6.47 Å². The maximum absolute atomic E-state index is 14.2. The van der Waals surface area contributed by atoms with Crippen LogP contribution in [0.3, 0.4) is 0 Å². The second-order valence-electron chi connectivity index (χ2n) is 10.3. The zero-order chi connectivity index (χ0) is 32.8. The van der Waals surface area contributed by atoms with Crippen molar-refractivity contribution in [2.24, 2.45) is 0 Å². The van der Waals surface area contributed by atoms with E-state index < -0.39 is 54.5 Å². The fourth-order valence-electron chi connectivity index (χ4n) is 5.14. The molecule has 0 bridgehead atoms. The monoisotopic (exact) mass is 645 g/mol. The molecular weight excluding hydrogens is 618 g/mol. The number of hydrogen-bond donors (Lipinski definition) is 2. The highest BCUT2D eigenvalue weighted by molar-refractivity contribution is 6.02. The van der Waals surface area contributed by atoms with Gasteiger partial charge in [0.2, 0.25) is 0 Å². The summed E-state index contributed by atoms with van der Waals surface area (Å²) in [6, 6.07) is 10.4. The van der Waals surface area contributed by atoms with Crippen molar-refractivity contribution in [1.82, 2.24) is 0 Å². The number of alkyl halides is 6. The van der Waals surface area contributed by atoms with Gasteiger partial charge in [0.05, 0.1) is 23.5 Å². The second-order valence-corrected chi connectivity index (χ2v) is 10.3. The van der Waals surface area contributed by atoms with E-state index in [0.717, 1.165) is 24.3 Å². The molecule has 45 heavy (non-hydrogen) atoms. The standard InChI is InChI=1S/C30H27F8N3O4/c31-21-6-9-24(23(32)16-21)39-27(43)40-25-15-20(28(44-18-42)11-1-2-12-28)5-10-26(25)41(14-13-29(33,34)35)17-19-3-7-22(8-4-19)45-30(36,37)38/h3-10,15-16,18H,1-2,11-14,17H2,(H2,39,40,43). The van der Waals surface area contributed by atoms with Crippen LogP contribution < -0.4 is 20.3 Å². The number of carbonyl (C=O) groups excluding carboxylic acids is 2. The number of ether oxygens (including phenoxy) is 2. The summed E-state index contributed by atoms with van der Waals surface area (Å²) in [7, 11) is 0. The third-order valence-electron chi connectivity index (χ3n) is 7.17. The highest BCUT2D eigenvalue weighted by Crippen LogP contribution is 2.44. The molecule has 2 amide bonds. The number of carbonyl (C=O) groups is 2. The Morgan fingerprint density at radius 2 is 1.56 bits per heavy atom. The minimum atomic E-state index is -4.94. The average molecular weight is 646 g/mol. The minimum absolute atomic E-state index is 0.0347. The molecule has 15 heteroatoms. The number of hydrogen-bond acceptors (Lipinski definition) is 5. The second kappa shape index (κ2) is 13.6. The molecule has 0 spiro atoms. The van der Waals surface area contributed by atoms with E-state index >= 15 is 0 Å². The molecule has 4 rings (SSSR count). The molecule has 0 aliphatic heterocycles. The third-order valence-corrected chi connectivity index (χ3v) is 7.17. The fourth-order valence-corrected chi connectivity index (χ4v) is 5.14. The highest BCUT2D eigenvalue weighted by atomic mass is 19.4. The number of nitrogens with one attached hydrogen (secondary N) is 2. The lowest BCUT2D eigenvalue weighted by Gasteiger charge is -2.31. The van der Waals surface area contributed by atoms with Crippen LogP contribution in [0, 0.1) is 11.6 Å².